The summed E-state index contributed by atoms with van der Waals surface area (Å²) in [5.41, 5.74) is 6.67. The lowest BCUT2D eigenvalue weighted by molar-refractivity contribution is 0.269. The Kier molecular flexibility index (Phi) is 6.32. The van der Waals surface area contributed by atoms with Gasteiger partial charge < -0.3 is 10.1 Å². The molecule has 128 valence electrons. The number of amides is 1. The van der Waals surface area contributed by atoms with Gasteiger partial charge in [-0.2, -0.15) is 0 Å². The fourth-order valence-electron chi connectivity index (χ4n) is 2.71. The van der Waals surface area contributed by atoms with Crippen molar-refractivity contribution in [2.45, 2.75) is 40.7 Å². The maximum Gasteiger partial charge on any atom is 0.283 e. The Balaban J connectivity index is 2.23. The number of anilines is 1. The van der Waals surface area contributed by atoms with E-state index in [9.17, 15) is 4.79 Å². The van der Waals surface area contributed by atoms with Crippen molar-refractivity contribution in [1.82, 2.24) is 0 Å². The van der Waals surface area contributed by atoms with Crippen LogP contribution in [-0.2, 0) is 13.0 Å². The molecule has 0 bridgehead atoms. The van der Waals surface area contributed by atoms with Crippen molar-refractivity contribution in [3.8, 4) is 5.75 Å². The van der Waals surface area contributed by atoms with E-state index in [1.54, 1.807) is 6.26 Å². The zero-order valence-corrected chi connectivity index (χ0v) is 15.8. The molecular weight excluding hydrogens is 318 g/mol. The van der Waals surface area contributed by atoms with Gasteiger partial charge >= 0.3 is 0 Å². The molecule has 0 unspecified atom stereocenters. The Bertz CT molecular complexity index is 741. The van der Waals surface area contributed by atoms with Crippen LogP contribution in [0, 0.1) is 20.8 Å². The second-order valence-electron chi connectivity index (χ2n) is 5.90. The molecule has 0 saturated heterocycles. The SMILES string of the molecule is CCc1cc(C)c(OCc2c(C)cccc2NC(=O)SC)cc1C. The number of nitrogens with one attached hydrogen (secondary N) is 1. The van der Waals surface area contributed by atoms with Gasteiger partial charge in [-0.25, -0.2) is 0 Å². The molecule has 0 aliphatic rings. The normalized spacial score (nSPS) is 10.5. The Hall–Kier alpha value is -1.94. The van der Waals surface area contributed by atoms with Gasteiger partial charge in [0.15, 0.2) is 0 Å². The summed E-state index contributed by atoms with van der Waals surface area (Å²) >= 11 is 1.17. The van der Waals surface area contributed by atoms with Crippen molar-refractivity contribution in [1.29, 1.82) is 0 Å². The first-order chi connectivity index (χ1) is 11.5. The smallest absolute Gasteiger partial charge is 0.283 e. The van der Waals surface area contributed by atoms with Crippen molar-refractivity contribution in [2.75, 3.05) is 11.6 Å². The van der Waals surface area contributed by atoms with Crippen molar-refractivity contribution < 1.29 is 9.53 Å². The molecule has 24 heavy (non-hydrogen) atoms. The van der Waals surface area contributed by atoms with Crippen LogP contribution in [0.2, 0.25) is 0 Å². The van der Waals surface area contributed by atoms with Crippen molar-refractivity contribution >= 4 is 22.7 Å². The highest BCUT2D eigenvalue weighted by Crippen LogP contribution is 2.27. The van der Waals surface area contributed by atoms with E-state index in [1.807, 2.05) is 25.1 Å². The first-order valence-corrected chi connectivity index (χ1v) is 9.35. The summed E-state index contributed by atoms with van der Waals surface area (Å²) in [4.78, 5) is 11.7. The molecule has 1 N–H and O–H groups in total. The third kappa shape index (κ3) is 4.32. The van der Waals surface area contributed by atoms with Crippen LogP contribution in [0.15, 0.2) is 30.3 Å². The van der Waals surface area contributed by atoms with Crippen LogP contribution < -0.4 is 10.1 Å². The van der Waals surface area contributed by atoms with Crippen LogP contribution in [0.1, 0.15) is 34.7 Å². The molecule has 0 atom stereocenters. The third-order valence-electron chi connectivity index (χ3n) is 4.22. The largest absolute Gasteiger partial charge is 0.489 e. The first kappa shape index (κ1) is 18.4. The minimum Gasteiger partial charge on any atom is -0.489 e. The fourth-order valence-corrected chi connectivity index (χ4v) is 2.92. The van der Waals surface area contributed by atoms with Crippen LogP contribution in [0.25, 0.3) is 0 Å². The van der Waals surface area contributed by atoms with E-state index in [4.69, 9.17) is 4.74 Å². The summed E-state index contributed by atoms with van der Waals surface area (Å²) in [6, 6.07) is 10.2. The maximum absolute atomic E-state index is 11.7. The number of hydrogen-bond acceptors (Lipinski definition) is 3. The molecule has 1 amide bonds. The van der Waals surface area contributed by atoms with Gasteiger partial charge in [0, 0.05) is 11.3 Å². The number of thioether (sulfide) groups is 1. The van der Waals surface area contributed by atoms with Gasteiger partial charge in [-0.15, -0.1) is 0 Å². The molecule has 0 fully saturated rings. The highest BCUT2D eigenvalue weighted by atomic mass is 32.2. The maximum atomic E-state index is 11.7. The predicted octanol–water partition coefficient (Wildman–Crippen LogP) is 5.65. The van der Waals surface area contributed by atoms with E-state index in [2.05, 4.69) is 38.2 Å². The fraction of sp³-hybridized carbons (Fsp3) is 0.350. The van der Waals surface area contributed by atoms with Crippen LogP contribution in [-0.4, -0.2) is 11.5 Å². The van der Waals surface area contributed by atoms with Gasteiger partial charge in [-0.05, 0) is 67.8 Å². The van der Waals surface area contributed by atoms with E-state index >= 15 is 0 Å². The quantitative estimate of drug-likeness (QED) is 0.762. The van der Waals surface area contributed by atoms with Gasteiger partial charge in [0.05, 0.1) is 0 Å². The third-order valence-corrected chi connectivity index (χ3v) is 4.69. The van der Waals surface area contributed by atoms with E-state index < -0.39 is 0 Å². The summed E-state index contributed by atoms with van der Waals surface area (Å²) in [7, 11) is 0. The molecule has 2 aromatic rings. The van der Waals surface area contributed by atoms with Crippen molar-refractivity contribution in [2.24, 2.45) is 0 Å². The van der Waals surface area contributed by atoms with E-state index in [1.165, 1.54) is 22.9 Å². The lowest BCUT2D eigenvalue weighted by Crippen LogP contribution is -2.09. The molecule has 0 saturated carbocycles. The van der Waals surface area contributed by atoms with E-state index in [-0.39, 0.29) is 5.24 Å². The zero-order chi connectivity index (χ0) is 17.7. The number of ether oxygens (including phenoxy) is 1. The summed E-state index contributed by atoms with van der Waals surface area (Å²) in [6.45, 7) is 8.82. The number of aryl methyl sites for hydroxylation is 4. The summed E-state index contributed by atoms with van der Waals surface area (Å²) < 4.78 is 6.08. The average molecular weight is 343 g/mol. The predicted molar refractivity (Wildman–Crippen MR) is 103 cm³/mol. The van der Waals surface area contributed by atoms with Gasteiger partial charge in [-0.1, -0.05) is 36.9 Å². The minimum absolute atomic E-state index is 0.0684. The molecular formula is C20H25NO2S. The molecule has 4 heteroatoms. The Morgan fingerprint density at radius 2 is 1.88 bits per heavy atom. The minimum atomic E-state index is -0.0684. The Labute approximate surface area is 148 Å². The molecule has 0 aliphatic heterocycles. The molecule has 0 spiro atoms. The van der Waals surface area contributed by atoms with Gasteiger partial charge in [0.1, 0.15) is 12.4 Å². The number of benzene rings is 2. The lowest BCUT2D eigenvalue weighted by atomic mass is 10.0. The summed E-state index contributed by atoms with van der Waals surface area (Å²) in [6.07, 6.45) is 2.79. The second kappa shape index (κ2) is 8.25. The molecule has 3 nitrogen and oxygen atoms in total. The van der Waals surface area contributed by atoms with Crippen molar-refractivity contribution in [3.05, 3.63) is 58.1 Å². The molecule has 0 radical (unpaired) electrons. The van der Waals surface area contributed by atoms with Crippen molar-refractivity contribution in [3.63, 3.8) is 0 Å². The topological polar surface area (TPSA) is 38.3 Å². The van der Waals surface area contributed by atoms with E-state index in [0.717, 1.165) is 34.5 Å². The zero-order valence-electron chi connectivity index (χ0n) is 15.0. The molecule has 0 aliphatic carbocycles. The second-order valence-corrected chi connectivity index (χ2v) is 6.68. The molecule has 0 heterocycles. The van der Waals surface area contributed by atoms with Gasteiger partial charge in [0.2, 0.25) is 0 Å². The highest BCUT2D eigenvalue weighted by molar-refractivity contribution is 8.13. The van der Waals surface area contributed by atoms with Crippen LogP contribution >= 0.6 is 11.8 Å². The Morgan fingerprint density at radius 1 is 1.12 bits per heavy atom. The summed E-state index contributed by atoms with van der Waals surface area (Å²) in [5, 5.41) is 2.86. The van der Waals surface area contributed by atoms with E-state index in [0.29, 0.717) is 6.61 Å². The van der Waals surface area contributed by atoms with Gasteiger partial charge in [-0.3, -0.25) is 4.79 Å². The Morgan fingerprint density at radius 3 is 2.54 bits per heavy atom. The number of hydrogen-bond donors (Lipinski definition) is 1. The lowest BCUT2D eigenvalue weighted by Gasteiger charge is -2.16. The highest BCUT2D eigenvalue weighted by Gasteiger charge is 2.11. The monoisotopic (exact) mass is 343 g/mol. The average Bonchev–Trinajstić information content (AvgIpc) is 2.56. The number of rotatable bonds is 5. The van der Waals surface area contributed by atoms with Gasteiger partial charge in [0.25, 0.3) is 5.24 Å². The first-order valence-electron chi connectivity index (χ1n) is 8.12. The van der Waals surface area contributed by atoms with Crippen LogP contribution in [0.3, 0.4) is 0 Å². The molecule has 2 aromatic carbocycles. The summed E-state index contributed by atoms with van der Waals surface area (Å²) in [5.74, 6) is 0.898. The molecule has 2 rings (SSSR count). The van der Waals surface area contributed by atoms with Crippen LogP contribution in [0.4, 0.5) is 10.5 Å². The number of carbonyl (C=O) groups is 1. The molecule has 0 aromatic heterocycles. The van der Waals surface area contributed by atoms with Crippen LogP contribution in [0.5, 0.6) is 5.75 Å². The standard InChI is InChI=1S/C20H25NO2S/c1-6-16-10-15(4)19(11-14(16)3)23-12-17-13(2)8-7-9-18(17)21-20(22)24-5/h7-11H,6,12H2,1-5H3,(H,21,22). The number of carbonyl (C=O) groups excluding carboxylic acids is 1.